The number of hydrogen-bond donors (Lipinski definition) is 0. The van der Waals surface area contributed by atoms with Crippen molar-refractivity contribution < 1.29 is 0 Å². The van der Waals surface area contributed by atoms with Crippen LogP contribution in [0.1, 0.15) is 29.0 Å². The molecule has 0 fully saturated rings. The third-order valence-corrected chi connectivity index (χ3v) is 10.5. The highest BCUT2D eigenvalue weighted by molar-refractivity contribution is 6.16. The van der Waals surface area contributed by atoms with E-state index in [1.165, 1.54) is 92.5 Å². The highest BCUT2D eigenvalue weighted by Gasteiger charge is 2.24. The van der Waals surface area contributed by atoms with Gasteiger partial charge in [-0.1, -0.05) is 158 Å². The van der Waals surface area contributed by atoms with Crippen LogP contribution >= 0.6 is 0 Å². The molecule has 0 saturated carbocycles. The van der Waals surface area contributed by atoms with Crippen LogP contribution in [0, 0.1) is 0 Å². The number of rotatable bonds is 3. The van der Waals surface area contributed by atoms with Crippen LogP contribution in [0.4, 0.5) is 0 Å². The average molecular weight is 609 g/mol. The van der Waals surface area contributed by atoms with Gasteiger partial charge >= 0.3 is 0 Å². The summed E-state index contributed by atoms with van der Waals surface area (Å²) in [5.41, 5.74) is 6.69. The molecule has 0 aliphatic heterocycles. The second kappa shape index (κ2) is 10.8. The van der Waals surface area contributed by atoms with Gasteiger partial charge < -0.3 is 0 Å². The first-order valence-corrected chi connectivity index (χ1v) is 16.9. The van der Waals surface area contributed by atoms with Crippen LogP contribution < -0.4 is 0 Å². The average Bonchev–Trinajstić information content (AvgIpc) is 3.16. The van der Waals surface area contributed by atoms with E-state index < -0.39 is 0 Å². The normalized spacial score (nSPS) is 15.0. The highest BCUT2D eigenvalue weighted by atomic mass is 14.3. The first kappa shape index (κ1) is 27.2. The lowest BCUT2D eigenvalue weighted by molar-refractivity contribution is 0.882. The second-order valence-electron chi connectivity index (χ2n) is 13.2. The van der Waals surface area contributed by atoms with Gasteiger partial charge in [-0.05, 0) is 117 Å². The minimum Gasteiger partial charge on any atom is -0.0687 e. The lowest BCUT2D eigenvalue weighted by Crippen LogP contribution is -2.06. The number of benzene rings is 9. The molecule has 224 valence electrons. The molecule has 0 heteroatoms. The van der Waals surface area contributed by atoms with Gasteiger partial charge in [0.15, 0.2) is 0 Å². The topological polar surface area (TPSA) is 0 Å². The maximum atomic E-state index is 2.56. The summed E-state index contributed by atoms with van der Waals surface area (Å²) in [5.74, 6) is 0.199. The fourth-order valence-electron chi connectivity index (χ4n) is 8.37. The zero-order chi connectivity index (χ0) is 31.6. The predicted octanol–water partition coefficient (Wildman–Crippen LogP) is 13.3. The van der Waals surface area contributed by atoms with Crippen molar-refractivity contribution in [2.45, 2.75) is 12.3 Å². The molecule has 0 heterocycles. The number of hydrogen-bond acceptors (Lipinski definition) is 0. The van der Waals surface area contributed by atoms with Crippen LogP contribution in [-0.2, 0) is 0 Å². The molecule has 0 aromatic heterocycles. The molecule has 1 atom stereocenters. The summed E-state index contributed by atoms with van der Waals surface area (Å²) in [4.78, 5) is 0. The Bertz CT molecular complexity index is 2810. The Morgan fingerprint density at radius 1 is 0.354 bits per heavy atom. The highest BCUT2D eigenvalue weighted by Crippen LogP contribution is 2.46. The van der Waals surface area contributed by atoms with Gasteiger partial charge in [0.05, 0.1) is 0 Å². The molecule has 10 rings (SSSR count). The SMILES string of the molecule is C1=C(c2cc3ccccc3c3ccccc23)C=C(c2cc3ccccc3c3ccccc23)CC1c1cc2ccccc2c2ccccc12. The molecule has 48 heavy (non-hydrogen) atoms. The van der Waals surface area contributed by atoms with Crippen LogP contribution in [0.5, 0.6) is 0 Å². The number of fused-ring (bicyclic) bond motifs is 9. The van der Waals surface area contributed by atoms with Gasteiger partial charge in [0.1, 0.15) is 0 Å². The van der Waals surface area contributed by atoms with Crippen molar-refractivity contribution in [3.8, 4) is 0 Å². The molecule has 1 aliphatic carbocycles. The van der Waals surface area contributed by atoms with Gasteiger partial charge in [0, 0.05) is 5.92 Å². The Kier molecular flexibility index (Phi) is 6.11. The molecule has 1 aliphatic rings. The van der Waals surface area contributed by atoms with E-state index in [1.54, 1.807) is 0 Å². The van der Waals surface area contributed by atoms with E-state index >= 15 is 0 Å². The fraction of sp³-hybridized carbons (Fsp3) is 0.0417. The largest absolute Gasteiger partial charge is 0.0687 e. The first-order valence-electron chi connectivity index (χ1n) is 16.9. The van der Waals surface area contributed by atoms with Crippen LogP contribution in [0.25, 0.3) is 75.8 Å². The molecular weight excluding hydrogens is 577 g/mol. The predicted molar refractivity (Wildman–Crippen MR) is 208 cm³/mol. The molecule has 0 spiro atoms. The monoisotopic (exact) mass is 608 g/mol. The summed E-state index contributed by atoms with van der Waals surface area (Å²) in [7, 11) is 0. The molecule has 9 aromatic rings. The Morgan fingerprint density at radius 3 is 1.31 bits per heavy atom. The summed E-state index contributed by atoms with van der Waals surface area (Å²) in [5, 5.41) is 15.7. The minimum absolute atomic E-state index is 0.199. The molecular formula is C48H32. The van der Waals surface area contributed by atoms with Crippen molar-refractivity contribution in [1.82, 2.24) is 0 Å². The summed E-state index contributed by atoms with van der Waals surface area (Å²) in [6.45, 7) is 0. The lowest BCUT2D eigenvalue weighted by Gasteiger charge is -2.26. The van der Waals surface area contributed by atoms with Gasteiger partial charge in [-0.25, -0.2) is 0 Å². The van der Waals surface area contributed by atoms with Gasteiger partial charge in [0.2, 0.25) is 0 Å². The lowest BCUT2D eigenvalue weighted by atomic mass is 9.77. The summed E-state index contributed by atoms with van der Waals surface area (Å²) < 4.78 is 0. The van der Waals surface area contributed by atoms with Gasteiger partial charge in [-0.3, -0.25) is 0 Å². The zero-order valence-electron chi connectivity index (χ0n) is 26.5. The van der Waals surface area contributed by atoms with Crippen LogP contribution in [-0.4, -0.2) is 0 Å². The van der Waals surface area contributed by atoms with Crippen molar-refractivity contribution in [3.63, 3.8) is 0 Å². The van der Waals surface area contributed by atoms with Gasteiger partial charge in [0.25, 0.3) is 0 Å². The Balaban J connectivity index is 1.28. The standard InChI is InChI=1S/C48H32/c1-4-16-37-31(13-1)28-46(43-22-10-7-19-40(37)43)34-25-35(47-29-32-14-2-5-17-38(32)41-20-8-11-23-44(41)47)27-36(26-34)48-30-33-15-3-6-18-39(33)42-21-9-12-24-45(42)48/h1-26,28-30,35H,27H2. The first-order chi connectivity index (χ1) is 23.8. The van der Waals surface area contributed by atoms with Crippen molar-refractivity contribution in [2.24, 2.45) is 0 Å². The molecule has 0 nitrogen and oxygen atoms in total. The zero-order valence-corrected chi connectivity index (χ0v) is 26.5. The van der Waals surface area contributed by atoms with E-state index in [2.05, 4.69) is 176 Å². The molecule has 0 saturated heterocycles. The van der Waals surface area contributed by atoms with E-state index in [4.69, 9.17) is 0 Å². The molecule has 9 aromatic carbocycles. The van der Waals surface area contributed by atoms with Crippen LogP contribution in [0.15, 0.2) is 176 Å². The van der Waals surface area contributed by atoms with E-state index in [9.17, 15) is 0 Å². The Hall–Kier alpha value is -5.98. The van der Waals surface area contributed by atoms with E-state index in [0.29, 0.717) is 0 Å². The Morgan fingerprint density at radius 2 is 0.750 bits per heavy atom. The fourth-order valence-corrected chi connectivity index (χ4v) is 8.37. The maximum absolute atomic E-state index is 2.56. The minimum atomic E-state index is 0.199. The van der Waals surface area contributed by atoms with E-state index in [0.717, 1.165) is 6.42 Å². The molecule has 0 radical (unpaired) electrons. The summed E-state index contributed by atoms with van der Waals surface area (Å²) in [6.07, 6.45) is 5.98. The third-order valence-electron chi connectivity index (χ3n) is 10.5. The second-order valence-corrected chi connectivity index (χ2v) is 13.2. The third kappa shape index (κ3) is 4.23. The van der Waals surface area contributed by atoms with Gasteiger partial charge in [-0.15, -0.1) is 0 Å². The van der Waals surface area contributed by atoms with Crippen molar-refractivity contribution in [2.75, 3.05) is 0 Å². The van der Waals surface area contributed by atoms with Gasteiger partial charge in [-0.2, -0.15) is 0 Å². The molecule has 0 N–H and O–H groups in total. The van der Waals surface area contributed by atoms with Crippen molar-refractivity contribution in [3.05, 3.63) is 193 Å². The molecule has 0 amide bonds. The Labute approximate surface area is 279 Å². The van der Waals surface area contributed by atoms with Crippen LogP contribution in [0.3, 0.4) is 0 Å². The van der Waals surface area contributed by atoms with E-state index in [-0.39, 0.29) is 5.92 Å². The smallest absolute Gasteiger partial charge is 0.00741 e. The van der Waals surface area contributed by atoms with E-state index in [1.807, 2.05) is 0 Å². The van der Waals surface area contributed by atoms with Crippen molar-refractivity contribution >= 4 is 75.8 Å². The summed E-state index contributed by atoms with van der Waals surface area (Å²) >= 11 is 0. The van der Waals surface area contributed by atoms with Crippen LogP contribution in [0.2, 0.25) is 0 Å². The molecule has 1 unspecified atom stereocenters. The number of allylic oxidation sites excluding steroid dienone is 4. The summed E-state index contributed by atoms with van der Waals surface area (Å²) in [6, 6.07) is 60.6. The quantitative estimate of drug-likeness (QED) is 0.175. The van der Waals surface area contributed by atoms with Crippen molar-refractivity contribution in [1.29, 1.82) is 0 Å². The maximum Gasteiger partial charge on any atom is 0.00741 e. The molecule has 0 bridgehead atoms.